The highest BCUT2D eigenvalue weighted by Crippen LogP contribution is 2.12. The van der Waals surface area contributed by atoms with Gasteiger partial charge in [0.05, 0.1) is 6.26 Å². The van der Waals surface area contributed by atoms with Crippen LogP contribution in [0.15, 0.2) is 22.8 Å². The first-order valence-electron chi connectivity index (χ1n) is 6.29. The Balaban J connectivity index is 1.89. The van der Waals surface area contributed by atoms with Crippen molar-refractivity contribution in [2.24, 2.45) is 0 Å². The van der Waals surface area contributed by atoms with Crippen LogP contribution in [-0.4, -0.2) is 47.9 Å². The molecule has 4 heteroatoms. The van der Waals surface area contributed by atoms with E-state index in [1.54, 1.807) is 18.4 Å². The van der Waals surface area contributed by atoms with Crippen molar-refractivity contribution < 1.29 is 9.21 Å². The standard InChI is InChI=1S/C13H20N2O2/c1-3-11(2)14-6-8-15(9-7-14)13(16)12-5-4-10-17-12/h4-5,10-11H,3,6-9H2,1-2H3/t11-/m1/s1. The zero-order valence-electron chi connectivity index (χ0n) is 10.6. The predicted octanol–water partition coefficient (Wildman–Crippen LogP) is 1.84. The summed E-state index contributed by atoms with van der Waals surface area (Å²) < 4.78 is 5.14. The monoisotopic (exact) mass is 236 g/mol. The van der Waals surface area contributed by atoms with Gasteiger partial charge in [0.15, 0.2) is 5.76 Å². The van der Waals surface area contributed by atoms with Crippen LogP contribution in [0.25, 0.3) is 0 Å². The first kappa shape index (κ1) is 12.2. The molecule has 1 aliphatic heterocycles. The van der Waals surface area contributed by atoms with Crippen LogP contribution in [0.2, 0.25) is 0 Å². The lowest BCUT2D eigenvalue weighted by atomic mass is 10.2. The normalized spacial score (nSPS) is 19.3. The van der Waals surface area contributed by atoms with Gasteiger partial charge >= 0.3 is 0 Å². The van der Waals surface area contributed by atoms with Gasteiger partial charge in [0.25, 0.3) is 5.91 Å². The highest BCUT2D eigenvalue weighted by atomic mass is 16.3. The summed E-state index contributed by atoms with van der Waals surface area (Å²) in [4.78, 5) is 16.3. The first-order chi connectivity index (χ1) is 8.22. The number of nitrogens with zero attached hydrogens (tertiary/aromatic N) is 2. The van der Waals surface area contributed by atoms with E-state index in [-0.39, 0.29) is 5.91 Å². The molecule has 1 amide bonds. The fourth-order valence-corrected chi connectivity index (χ4v) is 2.18. The third-order valence-corrected chi connectivity index (χ3v) is 3.55. The summed E-state index contributed by atoms with van der Waals surface area (Å²) in [5, 5.41) is 0. The predicted molar refractivity (Wildman–Crippen MR) is 65.9 cm³/mol. The third kappa shape index (κ3) is 2.69. The van der Waals surface area contributed by atoms with Gasteiger partial charge in [0.2, 0.25) is 0 Å². The Bertz CT molecular complexity index is 354. The summed E-state index contributed by atoms with van der Waals surface area (Å²) in [7, 11) is 0. The van der Waals surface area contributed by atoms with Gasteiger partial charge in [-0.15, -0.1) is 0 Å². The largest absolute Gasteiger partial charge is 0.459 e. The fourth-order valence-electron chi connectivity index (χ4n) is 2.18. The Morgan fingerprint density at radius 2 is 2.12 bits per heavy atom. The van der Waals surface area contributed by atoms with E-state index in [4.69, 9.17) is 4.42 Å². The number of piperazine rings is 1. The fraction of sp³-hybridized carbons (Fsp3) is 0.615. The molecule has 1 aliphatic rings. The second-order valence-electron chi connectivity index (χ2n) is 4.56. The van der Waals surface area contributed by atoms with Gasteiger partial charge in [-0.3, -0.25) is 9.69 Å². The number of hydrogen-bond donors (Lipinski definition) is 0. The second kappa shape index (κ2) is 5.36. The zero-order chi connectivity index (χ0) is 12.3. The van der Waals surface area contributed by atoms with E-state index in [0.29, 0.717) is 11.8 Å². The van der Waals surface area contributed by atoms with Crippen molar-refractivity contribution in [3.63, 3.8) is 0 Å². The maximum atomic E-state index is 12.0. The van der Waals surface area contributed by atoms with Crippen molar-refractivity contribution in [3.8, 4) is 0 Å². The molecule has 1 saturated heterocycles. The van der Waals surface area contributed by atoms with Crippen molar-refractivity contribution >= 4 is 5.91 Å². The van der Waals surface area contributed by atoms with Gasteiger partial charge < -0.3 is 9.32 Å². The molecule has 1 aromatic rings. The molecule has 2 heterocycles. The smallest absolute Gasteiger partial charge is 0.289 e. The molecule has 1 atom stereocenters. The Labute approximate surface area is 102 Å². The molecular weight excluding hydrogens is 216 g/mol. The average molecular weight is 236 g/mol. The molecular formula is C13H20N2O2. The summed E-state index contributed by atoms with van der Waals surface area (Å²) in [5.41, 5.74) is 0. The molecule has 2 rings (SSSR count). The molecule has 1 fully saturated rings. The minimum Gasteiger partial charge on any atom is -0.459 e. The minimum atomic E-state index is 0.0128. The van der Waals surface area contributed by atoms with Crippen LogP contribution in [0.5, 0.6) is 0 Å². The Morgan fingerprint density at radius 1 is 1.41 bits per heavy atom. The number of carbonyl (C=O) groups is 1. The van der Waals surface area contributed by atoms with E-state index in [2.05, 4.69) is 18.7 Å². The molecule has 4 nitrogen and oxygen atoms in total. The van der Waals surface area contributed by atoms with Crippen molar-refractivity contribution in [1.82, 2.24) is 9.80 Å². The molecule has 0 N–H and O–H groups in total. The second-order valence-corrected chi connectivity index (χ2v) is 4.56. The molecule has 0 spiro atoms. The van der Waals surface area contributed by atoms with Gasteiger partial charge in [-0.1, -0.05) is 6.92 Å². The molecule has 0 saturated carbocycles. The minimum absolute atomic E-state index is 0.0128. The van der Waals surface area contributed by atoms with Crippen LogP contribution in [0.3, 0.4) is 0 Å². The van der Waals surface area contributed by atoms with Gasteiger partial charge in [0.1, 0.15) is 0 Å². The van der Waals surface area contributed by atoms with Crippen molar-refractivity contribution in [2.45, 2.75) is 26.3 Å². The quantitative estimate of drug-likeness (QED) is 0.803. The summed E-state index contributed by atoms with van der Waals surface area (Å²) in [6.07, 6.45) is 2.70. The summed E-state index contributed by atoms with van der Waals surface area (Å²) in [6.45, 7) is 7.95. The topological polar surface area (TPSA) is 36.7 Å². The van der Waals surface area contributed by atoms with Crippen LogP contribution in [0.1, 0.15) is 30.8 Å². The molecule has 1 aromatic heterocycles. The Kier molecular flexibility index (Phi) is 3.84. The number of carbonyl (C=O) groups excluding carboxylic acids is 1. The number of amides is 1. The maximum Gasteiger partial charge on any atom is 0.289 e. The summed E-state index contributed by atoms with van der Waals surface area (Å²) in [5.74, 6) is 0.459. The van der Waals surface area contributed by atoms with E-state index >= 15 is 0 Å². The highest BCUT2D eigenvalue weighted by Gasteiger charge is 2.25. The number of rotatable bonds is 3. The summed E-state index contributed by atoms with van der Waals surface area (Å²) >= 11 is 0. The molecule has 0 bridgehead atoms. The van der Waals surface area contributed by atoms with Crippen LogP contribution < -0.4 is 0 Å². The molecule has 0 unspecified atom stereocenters. The van der Waals surface area contributed by atoms with Crippen molar-refractivity contribution in [3.05, 3.63) is 24.2 Å². The van der Waals surface area contributed by atoms with Crippen molar-refractivity contribution in [1.29, 1.82) is 0 Å². The Hall–Kier alpha value is -1.29. The first-order valence-corrected chi connectivity index (χ1v) is 6.29. The molecule has 17 heavy (non-hydrogen) atoms. The van der Waals surface area contributed by atoms with E-state index in [1.807, 2.05) is 4.90 Å². The molecule has 94 valence electrons. The summed E-state index contributed by atoms with van der Waals surface area (Å²) in [6, 6.07) is 4.09. The number of hydrogen-bond acceptors (Lipinski definition) is 3. The van der Waals surface area contributed by atoms with Gasteiger partial charge in [-0.05, 0) is 25.5 Å². The Morgan fingerprint density at radius 3 is 2.65 bits per heavy atom. The number of furan rings is 1. The van der Waals surface area contributed by atoms with Crippen LogP contribution in [0.4, 0.5) is 0 Å². The lowest BCUT2D eigenvalue weighted by Gasteiger charge is -2.37. The third-order valence-electron chi connectivity index (χ3n) is 3.55. The van der Waals surface area contributed by atoms with Crippen molar-refractivity contribution in [2.75, 3.05) is 26.2 Å². The van der Waals surface area contributed by atoms with Crippen LogP contribution >= 0.6 is 0 Å². The maximum absolute atomic E-state index is 12.0. The zero-order valence-corrected chi connectivity index (χ0v) is 10.6. The van der Waals surface area contributed by atoms with E-state index in [0.717, 1.165) is 32.6 Å². The van der Waals surface area contributed by atoms with E-state index in [1.165, 1.54) is 0 Å². The average Bonchev–Trinajstić information content (AvgIpc) is 2.91. The van der Waals surface area contributed by atoms with Gasteiger partial charge in [-0.25, -0.2) is 0 Å². The van der Waals surface area contributed by atoms with E-state index < -0.39 is 0 Å². The van der Waals surface area contributed by atoms with Gasteiger partial charge in [-0.2, -0.15) is 0 Å². The van der Waals surface area contributed by atoms with E-state index in [9.17, 15) is 4.79 Å². The van der Waals surface area contributed by atoms with Gasteiger partial charge in [0, 0.05) is 32.2 Å². The van der Waals surface area contributed by atoms with Crippen LogP contribution in [0, 0.1) is 0 Å². The lowest BCUT2D eigenvalue weighted by Crippen LogP contribution is -2.51. The van der Waals surface area contributed by atoms with Crippen LogP contribution in [-0.2, 0) is 0 Å². The lowest BCUT2D eigenvalue weighted by molar-refractivity contribution is 0.0551. The molecule has 0 aliphatic carbocycles. The molecule has 0 radical (unpaired) electrons. The molecule has 0 aromatic carbocycles. The highest BCUT2D eigenvalue weighted by molar-refractivity contribution is 5.91. The SMILES string of the molecule is CC[C@@H](C)N1CCN(C(=O)c2ccco2)CC1.